The van der Waals surface area contributed by atoms with Crippen LogP contribution in [0.2, 0.25) is 0 Å². The lowest BCUT2D eigenvalue weighted by Gasteiger charge is -2.11. The van der Waals surface area contributed by atoms with Gasteiger partial charge in [-0.2, -0.15) is 0 Å². The summed E-state index contributed by atoms with van der Waals surface area (Å²) in [4.78, 5) is 0.399. The summed E-state index contributed by atoms with van der Waals surface area (Å²) in [7, 11) is 0. The highest BCUT2D eigenvalue weighted by molar-refractivity contribution is 9.09. The molecule has 0 spiro atoms. The molecule has 1 heteroatoms. The molecule has 2 aromatic rings. The van der Waals surface area contributed by atoms with Gasteiger partial charge in [0, 0.05) is 4.83 Å². The van der Waals surface area contributed by atoms with E-state index in [9.17, 15) is 0 Å². The molecule has 0 saturated carbocycles. The smallest absolute Gasteiger partial charge is 0.0369 e. The minimum Gasteiger partial charge on any atom is -0.0842 e. The van der Waals surface area contributed by atoms with Gasteiger partial charge in [-0.25, -0.2) is 0 Å². The summed E-state index contributed by atoms with van der Waals surface area (Å²) < 4.78 is 0. The number of hydrogen-bond donors (Lipinski definition) is 0. The van der Waals surface area contributed by atoms with Crippen molar-refractivity contribution in [2.24, 2.45) is 0 Å². The maximum Gasteiger partial charge on any atom is 0.0369 e. The Morgan fingerprint density at radius 1 is 0.938 bits per heavy atom. The van der Waals surface area contributed by atoms with Gasteiger partial charge in [-0.3, -0.25) is 0 Å². The van der Waals surface area contributed by atoms with Crippen molar-refractivity contribution in [2.45, 2.75) is 18.7 Å². The van der Waals surface area contributed by atoms with Crippen LogP contribution in [0, 0.1) is 6.92 Å². The van der Waals surface area contributed by atoms with E-state index in [0.717, 1.165) is 0 Å². The van der Waals surface area contributed by atoms with E-state index in [0.29, 0.717) is 4.83 Å². The van der Waals surface area contributed by atoms with Crippen LogP contribution in [0.3, 0.4) is 0 Å². The molecule has 0 radical (unpaired) electrons. The summed E-state index contributed by atoms with van der Waals surface area (Å²) in [6, 6.07) is 17.1. The Labute approximate surface area is 105 Å². The van der Waals surface area contributed by atoms with Gasteiger partial charge in [0.1, 0.15) is 0 Å². The molecular weight excluding hydrogens is 260 g/mol. The fourth-order valence-corrected chi connectivity index (χ4v) is 2.37. The minimum atomic E-state index is 0.399. The third-order valence-corrected chi connectivity index (χ3v) is 3.31. The summed E-state index contributed by atoms with van der Waals surface area (Å²) in [5.74, 6) is 0. The highest BCUT2D eigenvalue weighted by Gasteiger charge is 2.06. The summed E-state index contributed by atoms with van der Waals surface area (Å²) in [6.07, 6.45) is 0. The fraction of sp³-hybridized carbons (Fsp3) is 0.200. The second-order valence-corrected chi connectivity index (χ2v) is 5.43. The number of aryl methyl sites for hydroxylation is 1. The average molecular weight is 275 g/mol. The molecular formula is C15H15Br. The lowest BCUT2D eigenvalue weighted by atomic mass is 9.98. The molecule has 0 aliphatic rings. The lowest BCUT2D eigenvalue weighted by Crippen LogP contribution is -1.90. The monoisotopic (exact) mass is 274 g/mol. The molecule has 0 nitrogen and oxygen atoms in total. The first-order chi connectivity index (χ1) is 7.68. The number of rotatable bonds is 2. The third-order valence-electron chi connectivity index (χ3n) is 2.81. The van der Waals surface area contributed by atoms with Crippen molar-refractivity contribution in [3.8, 4) is 11.1 Å². The summed E-state index contributed by atoms with van der Waals surface area (Å²) in [6.45, 7) is 4.32. The lowest BCUT2D eigenvalue weighted by molar-refractivity contribution is 1.10. The summed E-state index contributed by atoms with van der Waals surface area (Å²) in [5, 5.41) is 0. The molecule has 1 unspecified atom stereocenters. The predicted molar refractivity (Wildman–Crippen MR) is 74.0 cm³/mol. The van der Waals surface area contributed by atoms with E-state index in [1.54, 1.807) is 0 Å². The maximum absolute atomic E-state index is 3.64. The van der Waals surface area contributed by atoms with Gasteiger partial charge < -0.3 is 0 Å². The van der Waals surface area contributed by atoms with E-state index in [1.807, 2.05) is 6.07 Å². The van der Waals surface area contributed by atoms with Crippen LogP contribution in [0.5, 0.6) is 0 Å². The van der Waals surface area contributed by atoms with Crippen molar-refractivity contribution in [3.05, 3.63) is 59.7 Å². The second-order valence-electron chi connectivity index (χ2n) is 4.05. The third kappa shape index (κ3) is 2.35. The Hall–Kier alpha value is -1.08. The van der Waals surface area contributed by atoms with Crippen LogP contribution in [-0.2, 0) is 0 Å². The van der Waals surface area contributed by atoms with Crippen molar-refractivity contribution in [1.29, 1.82) is 0 Å². The van der Waals surface area contributed by atoms with Gasteiger partial charge in [-0.15, -0.1) is 0 Å². The first kappa shape index (κ1) is 11.4. The number of benzene rings is 2. The zero-order chi connectivity index (χ0) is 11.5. The van der Waals surface area contributed by atoms with Crippen molar-refractivity contribution in [3.63, 3.8) is 0 Å². The van der Waals surface area contributed by atoms with Crippen molar-refractivity contribution in [2.75, 3.05) is 0 Å². The molecule has 82 valence electrons. The van der Waals surface area contributed by atoms with E-state index in [2.05, 4.69) is 72.2 Å². The van der Waals surface area contributed by atoms with E-state index < -0.39 is 0 Å². The Morgan fingerprint density at radius 2 is 1.62 bits per heavy atom. The van der Waals surface area contributed by atoms with E-state index in [4.69, 9.17) is 0 Å². The Morgan fingerprint density at radius 3 is 2.25 bits per heavy atom. The first-order valence-corrected chi connectivity index (χ1v) is 6.40. The molecule has 0 amide bonds. The summed E-state index contributed by atoms with van der Waals surface area (Å²) in [5.41, 5.74) is 5.26. The molecule has 0 saturated heterocycles. The Kier molecular flexibility index (Phi) is 3.45. The zero-order valence-electron chi connectivity index (χ0n) is 9.57. The van der Waals surface area contributed by atoms with Crippen LogP contribution in [0.15, 0.2) is 48.5 Å². The predicted octanol–water partition coefficient (Wildman–Crippen LogP) is 5.12. The Bertz CT molecular complexity index is 472. The van der Waals surface area contributed by atoms with E-state index >= 15 is 0 Å². The zero-order valence-corrected chi connectivity index (χ0v) is 11.2. The van der Waals surface area contributed by atoms with Crippen molar-refractivity contribution in [1.82, 2.24) is 0 Å². The topological polar surface area (TPSA) is 0 Å². The van der Waals surface area contributed by atoms with Crippen molar-refractivity contribution >= 4 is 15.9 Å². The summed E-state index contributed by atoms with van der Waals surface area (Å²) >= 11 is 3.64. The highest BCUT2D eigenvalue weighted by Crippen LogP contribution is 2.29. The van der Waals surface area contributed by atoms with E-state index in [-0.39, 0.29) is 0 Å². The molecule has 1 atom stereocenters. The molecule has 0 aromatic heterocycles. The van der Waals surface area contributed by atoms with Crippen LogP contribution in [0.25, 0.3) is 11.1 Å². The van der Waals surface area contributed by atoms with Gasteiger partial charge in [0.05, 0.1) is 0 Å². The number of hydrogen-bond acceptors (Lipinski definition) is 0. The van der Waals surface area contributed by atoms with Crippen LogP contribution < -0.4 is 0 Å². The highest BCUT2D eigenvalue weighted by atomic mass is 79.9. The molecule has 0 bridgehead atoms. The van der Waals surface area contributed by atoms with Gasteiger partial charge in [0.25, 0.3) is 0 Å². The van der Waals surface area contributed by atoms with Crippen LogP contribution >= 0.6 is 15.9 Å². The first-order valence-electron chi connectivity index (χ1n) is 5.48. The molecule has 0 aliphatic heterocycles. The molecule has 0 heterocycles. The van der Waals surface area contributed by atoms with Gasteiger partial charge in [0.2, 0.25) is 0 Å². The van der Waals surface area contributed by atoms with Crippen LogP contribution in [-0.4, -0.2) is 0 Å². The second kappa shape index (κ2) is 4.84. The maximum atomic E-state index is 3.64. The molecule has 0 N–H and O–H groups in total. The van der Waals surface area contributed by atoms with Gasteiger partial charge in [0.15, 0.2) is 0 Å². The fourth-order valence-electron chi connectivity index (χ4n) is 1.88. The minimum absolute atomic E-state index is 0.399. The van der Waals surface area contributed by atoms with Crippen molar-refractivity contribution < 1.29 is 0 Å². The van der Waals surface area contributed by atoms with Crippen LogP contribution in [0.1, 0.15) is 22.9 Å². The molecule has 0 fully saturated rings. The normalized spacial score (nSPS) is 12.4. The van der Waals surface area contributed by atoms with Crippen LogP contribution in [0.4, 0.5) is 0 Å². The molecule has 2 aromatic carbocycles. The van der Waals surface area contributed by atoms with Gasteiger partial charge >= 0.3 is 0 Å². The Balaban J connectivity index is 2.48. The standard InChI is InChI=1S/C15H15Br/c1-11-8-9-14(10-15(11)12(2)16)13-6-4-3-5-7-13/h3-10,12H,1-2H3. The SMILES string of the molecule is Cc1ccc(-c2ccccc2)cc1C(C)Br. The van der Waals surface area contributed by atoms with Gasteiger partial charge in [-0.05, 0) is 42.2 Å². The van der Waals surface area contributed by atoms with Gasteiger partial charge in [-0.1, -0.05) is 58.4 Å². The molecule has 2 rings (SSSR count). The molecule has 16 heavy (non-hydrogen) atoms. The average Bonchev–Trinajstić information content (AvgIpc) is 2.30. The molecule has 0 aliphatic carbocycles. The number of halogens is 1. The largest absolute Gasteiger partial charge is 0.0842 e. The number of alkyl halides is 1. The van der Waals surface area contributed by atoms with E-state index in [1.165, 1.54) is 22.3 Å². The quantitative estimate of drug-likeness (QED) is 0.667.